The van der Waals surface area contributed by atoms with Gasteiger partial charge < -0.3 is 10.4 Å². The zero-order valence-corrected chi connectivity index (χ0v) is 7.42. The van der Waals surface area contributed by atoms with Gasteiger partial charge in [0.15, 0.2) is 0 Å². The van der Waals surface area contributed by atoms with E-state index in [0.29, 0.717) is 18.9 Å². The molecule has 2 N–H and O–H groups in total. The van der Waals surface area contributed by atoms with Crippen molar-refractivity contribution in [3.63, 3.8) is 0 Å². The van der Waals surface area contributed by atoms with Crippen molar-refractivity contribution in [1.82, 2.24) is 5.32 Å². The maximum atomic E-state index is 10.9. The van der Waals surface area contributed by atoms with Gasteiger partial charge in [0, 0.05) is 13.0 Å². The van der Waals surface area contributed by atoms with Crippen LogP contribution in [0.3, 0.4) is 0 Å². The van der Waals surface area contributed by atoms with Crippen molar-refractivity contribution in [2.45, 2.75) is 33.3 Å². The van der Waals surface area contributed by atoms with Crippen LogP contribution in [0.25, 0.3) is 0 Å². The van der Waals surface area contributed by atoms with Gasteiger partial charge in [-0.05, 0) is 12.8 Å². The molecule has 0 aromatic carbocycles. The summed E-state index contributed by atoms with van der Waals surface area (Å²) in [4.78, 5) is 10.9. The standard InChI is InChI=1S/C8H17NO2/c1-6(2)4-8(11)9-5-7(3)10/h6-7,10H,4-5H2,1-3H3,(H,9,11)/t7-/m1/s1. The number of aliphatic hydroxyl groups excluding tert-OH is 1. The first-order valence-corrected chi connectivity index (χ1v) is 3.97. The highest BCUT2D eigenvalue weighted by Gasteiger charge is 2.04. The van der Waals surface area contributed by atoms with E-state index in [4.69, 9.17) is 5.11 Å². The Kier molecular flexibility index (Phi) is 4.86. The Morgan fingerprint density at radius 1 is 1.45 bits per heavy atom. The first kappa shape index (κ1) is 10.4. The van der Waals surface area contributed by atoms with E-state index >= 15 is 0 Å². The summed E-state index contributed by atoms with van der Waals surface area (Å²) in [6.45, 7) is 5.98. The molecule has 3 nitrogen and oxygen atoms in total. The molecular weight excluding hydrogens is 142 g/mol. The third-order valence-electron chi connectivity index (χ3n) is 1.19. The molecular formula is C8H17NO2. The topological polar surface area (TPSA) is 49.3 Å². The Labute approximate surface area is 67.8 Å². The average Bonchev–Trinajstić information content (AvgIpc) is 1.82. The van der Waals surface area contributed by atoms with Gasteiger partial charge >= 0.3 is 0 Å². The van der Waals surface area contributed by atoms with E-state index in [0.717, 1.165) is 0 Å². The van der Waals surface area contributed by atoms with Crippen LogP contribution < -0.4 is 5.32 Å². The lowest BCUT2D eigenvalue weighted by Crippen LogP contribution is -2.31. The molecule has 0 saturated heterocycles. The zero-order valence-electron chi connectivity index (χ0n) is 7.42. The Morgan fingerprint density at radius 2 is 2.00 bits per heavy atom. The molecule has 0 aromatic rings. The summed E-state index contributed by atoms with van der Waals surface area (Å²) in [7, 11) is 0. The summed E-state index contributed by atoms with van der Waals surface area (Å²) >= 11 is 0. The Hall–Kier alpha value is -0.570. The monoisotopic (exact) mass is 159 g/mol. The Morgan fingerprint density at radius 3 is 2.36 bits per heavy atom. The second-order valence-corrected chi connectivity index (χ2v) is 3.25. The second kappa shape index (κ2) is 5.13. The summed E-state index contributed by atoms with van der Waals surface area (Å²) in [6.07, 6.45) is 0.0818. The molecule has 1 atom stereocenters. The number of rotatable bonds is 4. The maximum Gasteiger partial charge on any atom is 0.220 e. The number of aliphatic hydroxyl groups is 1. The highest BCUT2D eigenvalue weighted by molar-refractivity contribution is 5.76. The zero-order chi connectivity index (χ0) is 8.85. The minimum absolute atomic E-state index is 0.0147. The fourth-order valence-electron chi connectivity index (χ4n) is 0.705. The maximum absolute atomic E-state index is 10.9. The van der Waals surface area contributed by atoms with E-state index < -0.39 is 6.10 Å². The van der Waals surface area contributed by atoms with E-state index in [1.807, 2.05) is 13.8 Å². The summed E-state index contributed by atoms with van der Waals surface area (Å²) in [6, 6.07) is 0. The van der Waals surface area contributed by atoms with Crippen LogP contribution >= 0.6 is 0 Å². The van der Waals surface area contributed by atoms with Gasteiger partial charge in [0.1, 0.15) is 0 Å². The minimum Gasteiger partial charge on any atom is -0.392 e. The van der Waals surface area contributed by atoms with Crippen LogP contribution in [0.5, 0.6) is 0 Å². The highest BCUT2D eigenvalue weighted by atomic mass is 16.3. The largest absolute Gasteiger partial charge is 0.392 e. The summed E-state index contributed by atoms with van der Waals surface area (Å²) < 4.78 is 0. The first-order chi connectivity index (χ1) is 5.02. The first-order valence-electron chi connectivity index (χ1n) is 3.97. The fourth-order valence-corrected chi connectivity index (χ4v) is 0.705. The molecule has 0 bridgehead atoms. The van der Waals surface area contributed by atoms with E-state index in [1.165, 1.54) is 0 Å². The van der Waals surface area contributed by atoms with E-state index in [1.54, 1.807) is 6.92 Å². The molecule has 66 valence electrons. The number of carbonyl (C=O) groups is 1. The quantitative estimate of drug-likeness (QED) is 0.628. The third-order valence-corrected chi connectivity index (χ3v) is 1.19. The van der Waals surface area contributed by atoms with Crippen molar-refractivity contribution in [2.24, 2.45) is 5.92 Å². The van der Waals surface area contributed by atoms with Crippen molar-refractivity contribution in [1.29, 1.82) is 0 Å². The van der Waals surface area contributed by atoms with Gasteiger partial charge in [-0.2, -0.15) is 0 Å². The van der Waals surface area contributed by atoms with Gasteiger partial charge in [-0.1, -0.05) is 13.8 Å². The fraction of sp³-hybridized carbons (Fsp3) is 0.875. The molecule has 0 rings (SSSR count). The summed E-state index contributed by atoms with van der Waals surface area (Å²) in [5, 5.41) is 11.4. The van der Waals surface area contributed by atoms with E-state index in [-0.39, 0.29) is 5.91 Å². The lowest BCUT2D eigenvalue weighted by Gasteiger charge is -2.07. The molecule has 1 amide bonds. The molecule has 0 aromatic heterocycles. The molecule has 0 spiro atoms. The van der Waals surface area contributed by atoms with Gasteiger partial charge in [-0.25, -0.2) is 0 Å². The van der Waals surface area contributed by atoms with Crippen LogP contribution in [0.15, 0.2) is 0 Å². The molecule has 11 heavy (non-hydrogen) atoms. The number of hydrogen-bond donors (Lipinski definition) is 2. The van der Waals surface area contributed by atoms with Crippen LogP contribution in [0.1, 0.15) is 27.2 Å². The van der Waals surface area contributed by atoms with Crippen LogP contribution in [-0.2, 0) is 4.79 Å². The molecule has 0 aliphatic heterocycles. The predicted molar refractivity (Wildman–Crippen MR) is 44.1 cm³/mol. The van der Waals surface area contributed by atoms with Crippen molar-refractivity contribution < 1.29 is 9.90 Å². The predicted octanol–water partition coefficient (Wildman–Crippen LogP) is 0.529. The van der Waals surface area contributed by atoms with E-state index in [2.05, 4.69) is 5.32 Å². The van der Waals surface area contributed by atoms with Crippen molar-refractivity contribution >= 4 is 5.91 Å². The number of carbonyl (C=O) groups excluding carboxylic acids is 1. The van der Waals surface area contributed by atoms with Crippen LogP contribution in [0.2, 0.25) is 0 Å². The normalized spacial score (nSPS) is 13.2. The number of nitrogens with one attached hydrogen (secondary N) is 1. The second-order valence-electron chi connectivity index (χ2n) is 3.25. The molecule has 3 heteroatoms. The third kappa shape index (κ3) is 7.33. The van der Waals surface area contributed by atoms with E-state index in [9.17, 15) is 4.79 Å². The summed E-state index contributed by atoms with van der Waals surface area (Å²) in [5.41, 5.74) is 0. The van der Waals surface area contributed by atoms with Crippen LogP contribution in [0, 0.1) is 5.92 Å². The van der Waals surface area contributed by atoms with Gasteiger partial charge in [-0.15, -0.1) is 0 Å². The van der Waals surface area contributed by atoms with Crippen molar-refractivity contribution in [2.75, 3.05) is 6.54 Å². The molecule has 0 unspecified atom stereocenters. The van der Waals surface area contributed by atoms with Crippen molar-refractivity contribution in [3.05, 3.63) is 0 Å². The smallest absolute Gasteiger partial charge is 0.220 e. The Bertz CT molecular complexity index is 121. The number of hydrogen-bond acceptors (Lipinski definition) is 2. The van der Waals surface area contributed by atoms with Gasteiger partial charge in [-0.3, -0.25) is 4.79 Å². The lowest BCUT2D eigenvalue weighted by atomic mass is 10.1. The molecule has 0 aliphatic carbocycles. The molecule has 0 heterocycles. The lowest BCUT2D eigenvalue weighted by molar-refractivity contribution is -0.122. The summed E-state index contributed by atoms with van der Waals surface area (Å²) in [5.74, 6) is 0.393. The molecule has 0 aliphatic rings. The van der Waals surface area contributed by atoms with Gasteiger partial charge in [0.05, 0.1) is 6.10 Å². The Balaban J connectivity index is 3.38. The van der Waals surface area contributed by atoms with Gasteiger partial charge in [0.2, 0.25) is 5.91 Å². The molecule has 0 saturated carbocycles. The molecule has 0 fully saturated rings. The van der Waals surface area contributed by atoms with Crippen LogP contribution in [0.4, 0.5) is 0 Å². The van der Waals surface area contributed by atoms with Crippen molar-refractivity contribution in [3.8, 4) is 0 Å². The SMILES string of the molecule is CC(C)CC(=O)NC[C@@H](C)O. The number of amides is 1. The minimum atomic E-state index is -0.453. The highest BCUT2D eigenvalue weighted by Crippen LogP contribution is 1.97. The van der Waals surface area contributed by atoms with Crippen LogP contribution in [-0.4, -0.2) is 23.7 Å². The van der Waals surface area contributed by atoms with Gasteiger partial charge in [0.25, 0.3) is 0 Å². The molecule has 0 radical (unpaired) electrons. The average molecular weight is 159 g/mol.